The van der Waals surface area contributed by atoms with Crippen molar-refractivity contribution in [1.82, 2.24) is 9.97 Å². The van der Waals surface area contributed by atoms with Gasteiger partial charge in [0.1, 0.15) is 10.7 Å². The summed E-state index contributed by atoms with van der Waals surface area (Å²) in [6, 6.07) is 10.3. The largest absolute Gasteiger partial charge is 0.317 e. The van der Waals surface area contributed by atoms with Crippen LogP contribution in [0, 0.1) is 12.8 Å². The summed E-state index contributed by atoms with van der Waals surface area (Å²) >= 11 is 2.13. The van der Waals surface area contributed by atoms with E-state index < -0.39 is 27.0 Å². The lowest BCUT2D eigenvalue weighted by Gasteiger charge is -2.14. The van der Waals surface area contributed by atoms with Crippen LogP contribution in [0.4, 0.5) is 10.8 Å². The third kappa shape index (κ3) is 6.65. The molecule has 2 aromatic heterocycles. The summed E-state index contributed by atoms with van der Waals surface area (Å²) in [5, 5.41) is 4.11. The Labute approximate surface area is 228 Å². The lowest BCUT2D eigenvalue weighted by atomic mass is 9.94. The van der Waals surface area contributed by atoms with Gasteiger partial charge in [-0.2, -0.15) is 0 Å². The molecule has 3 aromatic rings. The standard InChI is InChI=1S/C25H27N5O5S3/c1-14-10-11-17(16(13-14)20(31)15-7-3-4-8-15)28-22(32)23(33)30-25-29-19(21(26)38(2,34)35)24(37-25)36-18-9-5-6-12-27-18/h5-6,9-13,15,21H,3-4,7-8,26H2,1-2H3,(H,28,32)(H,29,30,33). The minimum atomic E-state index is -3.70. The van der Waals surface area contributed by atoms with Gasteiger partial charge in [0.25, 0.3) is 0 Å². The number of amides is 2. The molecule has 0 saturated heterocycles. The molecule has 1 atom stereocenters. The van der Waals surface area contributed by atoms with Crippen LogP contribution in [0.3, 0.4) is 0 Å². The van der Waals surface area contributed by atoms with Crippen LogP contribution in [-0.4, -0.2) is 42.2 Å². The van der Waals surface area contributed by atoms with Gasteiger partial charge in [0.05, 0.1) is 9.90 Å². The zero-order valence-electron chi connectivity index (χ0n) is 20.8. The van der Waals surface area contributed by atoms with E-state index in [1.165, 1.54) is 0 Å². The average molecular weight is 574 g/mol. The lowest BCUT2D eigenvalue weighted by molar-refractivity contribution is -0.133. The first-order chi connectivity index (χ1) is 18.0. The molecule has 1 aliphatic rings. The number of carbonyl (C=O) groups is 3. The molecule has 4 N–H and O–H groups in total. The molecule has 1 fully saturated rings. The average Bonchev–Trinajstić information content (AvgIpc) is 3.55. The Balaban J connectivity index is 1.54. The second kappa shape index (κ2) is 11.7. The Morgan fingerprint density at radius 3 is 2.47 bits per heavy atom. The molecule has 0 spiro atoms. The minimum absolute atomic E-state index is 0.00356. The van der Waals surface area contributed by atoms with Crippen LogP contribution in [0.5, 0.6) is 0 Å². The predicted molar refractivity (Wildman–Crippen MR) is 147 cm³/mol. The van der Waals surface area contributed by atoms with Crippen molar-refractivity contribution in [3.63, 3.8) is 0 Å². The van der Waals surface area contributed by atoms with E-state index in [0.29, 0.717) is 14.8 Å². The number of pyridine rings is 1. The van der Waals surface area contributed by atoms with Gasteiger partial charge in [0, 0.05) is 23.9 Å². The fourth-order valence-electron chi connectivity index (χ4n) is 4.04. The number of benzene rings is 1. The molecule has 2 heterocycles. The summed E-state index contributed by atoms with van der Waals surface area (Å²) in [5.74, 6) is -2.15. The van der Waals surface area contributed by atoms with Crippen LogP contribution < -0.4 is 16.4 Å². The van der Waals surface area contributed by atoms with Crippen molar-refractivity contribution < 1.29 is 22.8 Å². The van der Waals surface area contributed by atoms with Crippen molar-refractivity contribution in [3.8, 4) is 0 Å². The zero-order chi connectivity index (χ0) is 27.4. The molecule has 1 saturated carbocycles. The highest BCUT2D eigenvalue weighted by Crippen LogP contribution is 2.39. The highest BCUT2D eigenvalue weighted by molar-refractivity contribution is 8.01. The number of nitrogens with zero attached hydrogens (tertiary/aromatic N) is 2. The molecule has 0 aliphatic heterocycles. The van der Waals surface area contributed by atoms with Gasteiger partial charge in [-0.3, -0.25) is 19.7 Å². The Morgan fingerprint density at radius 1 is 1.11 bits per heavy atom. The van der Waals surface area contributed by atoms with Crippen LogP contribution in [0.15, 0.2) is 51.8 Å². The van der Waals surface area contributed by atoms with Crippen molar-refractivity contribution in [1.29, 1.82) is 0 Å². The molecule has 1 aromatic carbocycles. The number of nitrogens with two attached hydrogens (primary N) is 1. The molecule has 0 bridgehead atoms. The lowest BCUT2D eigenvalue weighted by Crippen LogP contribution is -2.30. The van der Waals surface area contributed by atoms with Gasteiger partial charge in [-0.1, -0.05) is 53.6 Å². The van der Waals surface area contributed by atoms with E-state index in [2.05, 4.69) is 20.6 Å². The van der Waals surface area contributed by atoms with E-state index in [-0.39, 0.29) is 28.2 Å². The fraction of sp³-hybridized carbons (Fsp3) is 0.320. The topological polar surface area (TPSA) is 161 Å². The third-order valence-corrected chi connectivity index (χ3v) is 9.30. The molecule has 1 unspecified atom stereocenters. The number of aromatic nitrogens is 2. The second-order valence-electron chi connectivity index (χ2n) is 9.01. The molecule has 2 amide bonds. The number of thiazole rings is 1. The molecule has 0 radical (unpaired) electrons. The maximum atomic E-state index is 13.1. The van der Waals surface area contributed by atoms with E-state index in [0.717, 1.165) is 60.6 Å². The van der Waals surface area contributed by atoms with Crippen molar-refractivity contribution in [2.75, 3.05) is 16.9 Å². The highest BCUT2D eigenvalue weighted by atomic mass is 32.2. The molecule has 38 heavy (non-hydrogen) atoms. The quantitative estimate of drug-likeness (QED) is 0.268. The van der Waals surface area contributed by atoms with Crippen LogP contribution in [0.1, 0.15) is 52.7 Å². The number of ketones is 1. The number of carbonyl (C=O) groups excluding carboxylic acids is 3. The monoisotopic (exact) mass is 573 g/mol. The number of hydrogen-bond donors (Lipinski definition) is 3. The van der Waals surface area contributed by atoms with Gasteiger partial charge in [-0.25, -0.2) is 18.4 Å². The SMILES string of the molecule is Cc1ccc(NC(=O)C(=O)Nc2nc(C(N)S(C)(=O)=O)c(Sc3ccccn3)s2)c(C(=O)C2CCCC2)c1. The minimum Gasteiger partial charge on any atom is -0.317 e. The molecular formula is C25H27N5O5S3. The number of rotatable bonds is 8. The summed E-state index contributed by atoms with van der Waals surface area (Å²) in [5.41, 5.74) is 7.49. The second-order valence-corrected chi connectivity index (χ2v) is 13.5. The first-order valence-corrected chi connectivity index (χ1v) is 15.4. The number of hydrogen-bond acceptors (Lipinski definition) is 10. The highest BCUT2D eigenvalue weighted by Gasteiger charge is 2.29. The van der Waals surface area contributed by atoms with Crippen molar-refractivity contribution in [3.05, 3.63) is 59.4 Å². The Hall–Kier alpha value is -3.13. The molecule has 1 aliphatic carbocycles. The smallest absolute Gasteiger partial charge is 0.315 e. The molecule has 200 valence electrons. The third-order valence-electron chi connectivity index (χ3n) is 6.03. The van der Waals surface area contributed by atoms with Crippen LogP contribution in [0.2, 0.25) is 0 Å². The summed E-state index contributed by atoms with van der Waals surface area (Å²) in [6.45, 7) is 1.85. The van der Waals surface area contributed by atoms with E-state index in [1.54, 1.807) is 42.6 Å². The van der Waals surface area contributed by atoms with Crippen LogP contribution in [0.25, 0.3) is 0 Å². The first kappa shape index (κ1) is 27.9. The summed E-state index contributed by atoms with van der Waals surface area (Å²) < 4.78 is 24.7. The maximum Gasteiger partial charge on any atom is 0.315 e. The summed E-state index contributed by atoms with van der Waals surface area (Å²) in [4.78, 5) is 47.0. The number of sulfone groups is 1. The number of Topliss-reactive ketones (excluding diaryl/α,β-unsaturated/α-hetero) is 1. The van der Waals surface area contributed by atoms with Gasteiger partial charge in [0.15, 0.2) is 26.1 Å². The number of aryl methyl sites for hydroxylation is 1. The number of nitrogens with one attached hydrogen (secondary N) is 2. The van der Waals surface area contributed by atoms with E-state index in [4.69, 9.17) is 5.73 Å². The van der Waals surface area contributed by atoms with Gasteiger partial charge in [-0.05, 0) is 44.0 Å². The Kier molecular flexibility index (Phi) is 8.61. The maximum absolute atomic E-state index is 13.1. The van der Waals surface area contributed by atoms with Crippen molar-refractivity contribution in [2.24, 2.45) is 11.7 Å². The van der Waals surface area contributed by atoms with E-state index in [1.807, 2.05) is 6.92 Å². The Bertz CT molecular complexity index is 1470. The van der Waals surface area contributed by atoms with Crippen molar-refractivity contribution >= 4 is 61.4 Å². The summed E-state index contributed by atoms with van der Waals surface area (Å²) in [7, 11) is -3.70. The van der Waals surface area contributed by atoms with Gasteiger partial charge >= 0.3 is 11.8 Å². The molecule has 4 rings (SSSR count). The van der Waals surface area contributed by atoms with E-state index >= 15 is 0 Å². The molecule has 10 nitrogen and oxygen atoms in total. The van der Waals surface area contributed by atoms with E-state index in [9.17, 15) is 22.8 Å². The van der Waals surface area contributed by atoms with Gasteiger partial charge in [-0.15, -0.1) is 0 Å². The first-order valence-electron chi connectivity index (χ1n) is 11.8. The fourth-order valence-corrected chi connectivity index (χ4v) is 6.89. The zero-order valence-corrected chi connectivity index (χ0v) is 23.2. The van der Waals surface area contributed by atoms with Gasteiger partial charge in [0.2, 0.25) is 0 Å². The predicted octanol–water partition coefficient (Wildman–Crippen LogP) is 3.95. The molecular weight excluding hydrogens is 547 g/mol. The van der Waals surface area contributed by atoms with Crippen LogP contribution in [-0.2, 0) is 19.4 Å². The van der Waals surface area contributed by atoms with Crippen molar-refractivity contribution in [2.45, 2.75) is 47.2 Å². The van der Waals surface area contributed by atoms with Gasteiger partial charge < -0.3 is 11.1 Å². The Morgan fingerprint density at radius 2 is 1.82 bits per heavy atom. The number of anilines is 2. The molecule has 13 heteroatoms. The normalized spacial score (nSPS) is 14.7. The summed E-state index contributed by atoms with van der Waals surface area (Å²) in [6.07, 6.45) is 6.17. The van der Waals surface area contributed by atoms with Crippen LogP contribution >= 0.6 is 23.1 Å².